The van der Waals surface area contributed by atoms with E-state index in [4.69, 9.17) is 0 Å². The molecular weight excluding hydrogens is 346 g/mol. The Morgan fingerprint density at radius 3 is 2.70 bits per heavy atom. The van der Waals surface area contributed by atoms with Crippen molar-refractivity contribution in [1.29, 1.82) is 0 Å². The summed E-state index contributed by atoms with van der Waals surface area (Å²) < 4.78 is 1.54. The van der Waals surface area contributed by atoms with Gasteiger partial charge in [0, 0.05) is 49.8 Å². The molecule has 1 N–H and O–H groups in total. The number of hydrogen-bond acceptors (Lipinski definition) is 5. The van der Waals surface area contributed by atoms with Crippen LogP contribution < -0.4 is 10.2 Å². The molecule has 138 valence electrons. The minimum absolute atomic E-state index is 0.151. The minimum Gasteiger partial charge on any atom is -0.373 e. The van der Waals surface area contributed by atoms with Crippen molar-refractivity contribution in [3.8, 4) is 5.69 Å². The van der Waals surface area contributed by atoms with E-state index in [1.54, 1.807) is 18.3 Å². The van der Waals surface area contributed by atoms with Gasteiger partial charge >= 0.3 is 0 Å². The van der Waals surface area contributed by atoms with Crippen LogP contribution in [0.25, 0.3) is 5.69 Å². The molecule has 2 aromatic carbocycles. The van der Waals surface area contributed by atoms with E-state index in [2.05, 4.69) is 10.3 Å². The fourth-order valence-corrected chi connectivity index (χ4v) is 2.68. The predicted molar refractivity (Wildman–Crippen MR) is 102 cm³/mol. The molecule has 0 radical (unpaired) electrons. The Morgan fingerprint density at radius 1 is 1.26 bits per heavy atom. The fraction of sp³-hybridized carbons (Fsp3) is 0.158. The van der Waals surface area contributed by atoms with Crippen molar-refractivity contribution in [2.75, 3.05) is 25.0 Å². The normalized spacial score (nSPS) is 10.4. The SMILES string of the molecule is CN(CCNC(=O)c1ccc(-n2ccnc2)c([N+](=O)[O-])c1)c1ccccc1. The molecule has 0 fully saturated rings. The minimum atomic E-state index is -0.505. The molecule has 1 amide bonds. The molecule has 0 spiro atoms. The van der Waals surface area contributed by atoms with Gasteiger partial charge in [0.2, 0.25) is 0 Å². The zero-order valence-electron chi connectivity index (χ0n) is 14.8. The molecule has 8 nitrogen and oxygen atoms in total. The second-order valence-corrected chi connectivity index (χ2v) is 5.94. The summed E-state index contributed by atoms with van der Waals surface area (Å²) in [5, 5.41) is 14.2. The van der Waals surface area contributed by atoms with Gasteiger partial charge in [-0.25, -0.2) is 4.98 Å². The molecule has 0 saturated carbocycles. The van der Waals surface area contributed by atoms with Gasteiger partial charge in [-0.15, -0.1) is 0 Å². The lowest BCUT2D eigenvalue weighted by Crippen LogP contribution is -2.33. The van der Waals surface area contributed by atoms with Crippen LogP contribution in [-0.2, 0) is 0 Å². The summed E-state index contributed by atoms with van der Waals surface area (Å²) in [7, 11) is 1.94. The number of nitrogens with one attached hydrogen (secondary N) is 1. The lowest BCUT2D eigenvalue weighted by Gasteiger charge is -2.19. The number of anilines is 1. The van der Waals surface area contributed by atoms with Crippen molar-refractivity contribution in [3.05, 3.63) is 82.9 Å². The van der Waals surface area contributed by atoms with Gasteiger partial charge in [0.05, 0.1) is 11.3 Å². The molecule has 0 aliphatic carbocycles. The van der Waals surface area contributed by atoms with E-state index in [1.807, 2.05) is 42.3 Å². The molecule has 0 aliphatic rings. The second kappa shape index (κ2) is 8.13. The molecule has 27 heavy (non-hydrogen) atoms. The largest absolute Gasteiger partial charge is 0.373 e. The van der Waals surface area contributed by atoms with Gasteiger partial charge in [-0.3, -0.25) is 14.9 Å². The summed E-state index contributed by atoms with van der Waals surface area (Å²) in [6.45, 7) is 1.03. The Bertz CT molecular complexity index is 926. The van der Waals surface area contributed by atoms with Crippen LogP contribution in [0.15, 0.2) is 67.3 Å². The van der Waals surface area contributed by atoms with Gasteiger partial charge in [-0.05, 0) is 24.3 Å². The summed E-state index contributed by atoms with van der Waals surface area (Å²) in [5.41, 5.74) is 1.50. The van der Waals surface area contributed by atoms with E-state index in [9.17, 15) is 14.9 Å². The second-order valence-electron chi connectivity index (χ2n) is 5.94. The van der Waals surface area contributed by atoms with Crippen LogP contribution in [0.4, 0.5) is 11.4 Å². The first kappa shape index (κ1) is 18.1. The number of nitro benzene ring substituents is 1. The maximum Gasteiger partial charge on any atom is 0.294 e. The molecule has 0 bridgehead atoms. The Hall–Kier alpha value is -3.68. The quantitative estimate of drug-likeness (QED) is 0.513. The smallest absolute Gasteiger partial charge is 0.294 e. The first-order chi connectivity index (χ1) is 13.1. The Morgan fingerprint density at radius 2 is 2.04 bits per heavy atom. The predicted octanol–water partition coefficient (Wildman–Crippen LogP) is 2.65. The molecule has 0 unspecified atom stereocenters. The standard InChI is InChI=1S/C19H19N5O3/c1-22(16-5-3-2-4-6-16)11-10-21-19(25)15-7-8-17(18(13-15)24(26)27)23-12-9-20-14-23/h2-9,12-14H,10-11H2,1H3,(H,21,25). The number of para-hydroxylation sites is 1. The van der Waals surface area contributed by atoms with Crippen molar-refractivity contribution >= 4 is 17.3 Å². The number of hydrogen-bond donors (Lipinski definition) is 1. The number of nitrogens with zero attached hydrogens (tertiary/aromatic N) is 4. The monoisotopic (exact) mass is 365 g/mol. The van der Waals surface area contributed by atoms with Gasteiger partial charge in [0.1, 0.15) is 5.69 Å². The molecule has 1 aromatic heterocycles. The molecule has 3 rings (SSSR count). The molecule has 8 heteroatoms. The first-order valence-corrected chi connectivity index (χ1v) is 8.37. The number of carbonyl (C=O) groups is 1. The van der Waals surface area contributed by atoms with Crippen molar-refractivity contribution < 1.29 is 9.72 Å². The van der Waals surface area contributed by atoms with Crippen LogP contribution in [0.1, 0.15) is 10.4 Å². The average molecular weight is 365 g/mol. The third kappa shape index (κ3) is 4.30. The van der Waals surface area contributed by atoms with E-state index in [-0.39, 0.29) is 17.2 Å². The average Bonchev–Trinajstić information content (AvgIpc) is 3.22. The zero-order valence-corrected chi connectivity index (χ0v) is 14.8. The number of imidazole rings is 1. The van der Waals surface area contributed by atoms with Crippen LogP contribution in [0, 0.1) is 10.1 Å². The van der Waals surface area contributed by atoms with Crippen molar-refractivity contribution in [2.45, 2.75) is 0 Å². The lowest BCUT2D eigenvalue weighted by molar-refractivity contribution is -0.384. The molecule has 0 saturated heterocycles. The number of nitro groups is 1. The van der Waals surface area contributed by atoms with E-state index < -0.39 is 4.92 Å². The number of carbonyl (C=O) groups excluding carboxylic acids is 1. The Balaban J connectivity index is 1.66. The van der Waals surface area contributed by atoms with Gasteiger partial charge in [-0.1, -0.05) is 18.2 Å². The molecular formula is C19H19N5O3. The van der Waals surface area contributed by atoms with Crippen LogP contribution in [0.3, 0.4) is 0 Å². The van der Waals surface area contributed by atoms with Crippen LogP contribution in [0.2, 0.25) is 0 Å². The molecule has 0 atom stereocenters. The van der Waals surface area contributed by atoms with Crippen molar-refractivity contribution in [3.63, 3.8) is 0 Å². The summed E-state index contributed by atoms with van der Waals surface area (Å²) in [4.78, 5) is 29.2. The molecule has 0 aliphatic heterocycles. The van der Waals surface area contributed by atoms with E-state index >= 15 is 0 Å². The summed E-state index contributed by atoms with van der Waals surface area (Å²) in [5.74, 6) is -0.350. The van der Waals surface area contributed by atoms with Gasteiger partial charge in [0.25, 0.3) is 11.6 Å². The lowest BCUT2D eigenvalue weighted by atomic mass is 10.1. The number of rotatable bonds is 7. The van der Waals surface area contributed by atoms with E-state index in [0.29, 0.717) is 18.8 Å². The Kier molecular flexibility index (Phi) is 5.46. The maximum absolute atomic E-state index is 12.4. The maximum atomic E-state index is 12.4. The summed E-state index contributed by atoms with van der Waals surface area (Å²) in [6.07, 6.45) is 4.62. The highest BCUT2D eigenvalue weighted by Crippen LogP contribution is 2.24. The highest BCUT2D eigenvalue weighted by molar-refractivity contribution is 5.95. The van der Waals surface area contributed by atoms with E-state index in [1.165, 1.54) is 23.2 Å². The van der Waals surface area contributed by atoms with Gasteiger partial charge in [-0.2, -0.15) is 0 Å². The number of amides is 1. The summed E-state index contributed by atoms with van der Waals surface area (Å²) in [6, 6.07) is 14.2. The number of benzene rings is 2. The number of likely N-dealkylation sites (N-methyl/N-ethyl adjacent to an activating group) is 1. The number of aromatic nitrogens is 2. The highest BCUT2D eigenvalue weighted by Gasteiger charge is 2.18. The third-order valence-electron chi connectivity index (χ3n) is 4.15. The van der Waals surface area contributed by atoms with Crippen molar-refractivity contribution in [1.82, 2.24) is 14.9 Å². The zero-order chi connectivity index (χ0) is 19.2. The third-order valence-corrected chi connectivity index (χ3v) is 4.15. The molecule has 3 aromatic rings. The molecule has 1 heterocycles. The van der Waals surface area contributed by atoms with Crippen LogP contribution >= 0.6 is 0 Å². The fourth-order valence-electron chi connectivity index (χ4n) is 2.68. The first-order valence-electron chi connectivity index (χ1n) is 8.37. The highest BCUT2D eigenvalue weighted by atomic mass is 16.6. The van der Waals surface area contributed by atoms with Crippen molar-refractivity contribution in [2.24, 2.45) is 0 Å². The van der Waals surface area contributed by atoms with Gasteiger partial charge in [0.15, 0.2) is 0 Å². The van der Waals surface area contributed by atoms with E-state index in [0.717, 1.165) is 5.69 Å². The topological polar surface area (TPSA) is 93.3 Å². The van der Waals surface area contributed by atoms with Crippen LogP contribution in [0.5, 0.6) is 0 Å². The summed E-state index contributed by atoms with van der Waals surface area (Å²) >= 11 is 0. The van der Waals surface area contributed by atoms with Crippen LogP contribution in [-0.4, -0.2) is 40.5 Å². The Labute approximate surface area is 156 Å². The van der Waals surface area contributed by atoms with Gasteiger partial charge < -0.3 is 14.8 Å².